The molecule has 0 heteroatoms. The van der Waals surface area contributed by atoms with Crippen LogP contribution in [-0.4, -0.2) is 0 Å². The molecule has 6 rings (SSSR count). The smallest absolute Gasteiger partial charge is 0.0311 e. The van der Waals surface area contributed by atoms with Crippen LogP contribution in [0, 0.1) is 114 Å². The molecule has 0 spiro atoms. The average Bonchev–Trinajstić information content (AvgIpc) is 1.04. The highest BCUT2D eigenvalue weighted by atomic mass is 14.4. The van der Waals surface area contributed by atoms with E-state index in [-0.39, 0.29) is 72.3 Å². The first-order valence-corrected chi connectivity index (χ1v) is 42.0. The molecule has 0 bridgehead atoms. The minimum Gasteiger partial charge on any atom is -0.0651 e. The third-order valence-corrected chi connectivity index (χ3v) is 21.1. The summed E-state index contributed by atoms with van der Waals surface area (Å²) in [5.41, 5.74) is 19.9. The summed E-state index contributed by atoms with van der Waals surface area (Å²) in [4.78, 5) is 0. The molecule has 2 aliphatic rings. The third-order valence-electron chi connectivity index (χ3n) is 21.1. The SMILES string of the molecule is CC(C)Cc1cccc(CC(C)C)c1C(C)(C)C.CC(C)c1cccc(C(C)C)c1C(C)(C)C.Cc1cc(C)c(C(C)(C)C)c(C)c1.Cc1cccc(C)c1C(C)(C)C.[2H]C(C)(C(C)(C)C)C(C)(C)C.[2H]C(C)(C(C)C)C(C)(C)C.[2H]C([2H])([2H])C([2H])(C([2H])([2H])C)C(C)(C)C.[2H]C1(C(C)(C)C)CCCC1.[2H]C1(C(C)(C)C)CCCCC1. The molecule has 0 aliphatic heterocycles. The fourth-order valence-corrected chi connectivity index (χ4v) is 15.3. The molecular weight excluding hydrogens is 1260 g/mol. The zero-order valence-electron chi connectivity index (χ0n) is 90.0. The summed E-state index contributed by atoms with van der Waals surface area (Å²) in [6.07, 6.45) is 11.1. The third kappa shape index (κ3) is 42.8. The van der Waals surface area contributed by atoms with Gasteiger partial charge in [-0.15, -0.1) is 0 Å². The Bertz CT molecular complexity index is 3270. The van der Waals surface area contributed by atoms with Gasteiger partial charge in [-0.05, 0) is 253 Å². The van der Waals surface area contributed by atoms with E-state index in [1.807, 2.05) is 13.8 Å². The zero-order valence-corrected chi connectivity index (χ0v) is 80.0. The fourth-order valence-electron chi connectivity index (χ4n) is 15.3. The first-order chi connectivity index (χ1) is 50.6. The van der Waals surface area contributed by atoms with Crippen LogP contribution in [0.25, 0.3) is 0 Å². The van der Waals surface area contributed by atoms with Crippen molar-refractivity contribution in [1.29, 1.82) is 0 Å². The minimum atomic E-state index is -2.64. The van der Waals surface area contributed by atoms with Gasteiger partial charge < -0.3 is 0 Å². The van der Waals surface area contributed by atoms with Gasteiger partial charge in [0.15, 0.2) is 0 Å². The summed E-state index contributed by atoms with van der Waals surface area (Å²) in [7, 11) is 0. The first-order valence-electron chi connectivity index (χ1n) is 47.0. The van der Waals surface area contributed by atoms with Crippen LogP contribution in [0.2, 0.25) is 0 Å². The summed E-state index contributed by atoms with van der Waals surface area (Å²) >= 11 is 0. The molecule has 612 valence electrons. The van der Waals surface area contributed by atoms with Gasteiger partial charge in [0.1, 0.15) is 0 Å². The van der Waals surface area contributed by atoms with Gasteiger partial charge in [0.25, 0.3) is 0 Å². The van der Waals surface area contributed by atoms with E-state index in [9.17, 15) is 0 Å². The van der Waals surface area contributed by atoms with Crippen LogP contribution in [0.1, 0.15) is 467 Å². The Kier molecular flexibility index (Phi) is 37.8. The van der Waals surface area contributed by atoms with Crippen LogP contribution in [0.3, 0.4) is 0 Å². The predicted octanol–water partition coefficient (Wildman–Crippen LogP) is 35.1. The van der Waals surface area contributed by atoms with Crippen molar-refractivity contribution >= 4 is 0 Å². The highest BCUT2D eigenvalue weighted by Crippen LogP contribution is 2.42. The molecular formula is C105H192. The lowest BCUT2D eigenvalue weighted by Crippen LogP contribution is -2.29. The maximum absolute atomic E-state index is 8.27. The van der Waals surface area contributed by atoms with Crippen LogP contribution in [0.5, 0.6) is 0 Å². The lowest BCUT2D eigenvalue weighted by molar-refractivity contribution is 0.121. The van der Waals surface area contributed by atoms with Gasteiger partial charge in [0, 0.05) is 13.7 Å². The standard InChI is InChI=1S/C18H30.C16H26.C13H20.C12H18.C10H20.C10H22.C9H18.C9H20.C8H18/c1-13(2)11-15-9-8-10-16(12-14(3)4)17(15)18(5,6)7;1-11(2)13-9-8-10-14(12(3)4)15(13)16(5,6)7;1-9-7-10(2)12(11(3)8-9)13(4,5)6;1-9-7-6-8-10(2)11(9)12(3,4)5;1-10(2,3)9-7-5-4-6-8-9;1-8(9(2,3)4)10(5,6)7;1-9(2,3)8-6-4-5-7-8;1-7(2)8(3)9(4,5)6;1-6-7(2)8(3,4)5/h8-10,13-14H,11-12H2,1-7H3;8-12H,1-7H3;7-8H,1-6H3;6-8H,1-5H3;9H,4-8H2,1-3H3;8H,1-7H3;8H,4-7H2,1-3H3;7-8H,1-6H3;7H,6H2,1-5H3/i;;;;9D;3*8D;2D3,6D2,7D. The molecule has 0 saturated heterocycles. The summed E-state index contributed by atoms with van der Waals surface area (Å²) in [5.74, 6) is 0.0345. The molecule has 0 heterocycles. The zero-order chi connectivity index (χ0) is 92.4. The highest BCUT2D eigenvalue weighted by Gasteiger charge is 2.32. The fraction of sp³-hybridized carbons (Fsp3) is 0.771. The molecule has 2 saturated carbocycles. The normalized spacial score (nSPS) is 18.0. The van der Waals surface area contributed by atoms with Gasteiger partial charge in [-0.1, -0.05) is 415 Å². The van der Waals surface area contributed by atoms with E-state index in [1.54, 1.807) is 43.0 Å². The summed E-state index contributed by atoms with van der Waals surface area (Å²) in [5, 5.41) is 0. The number of aryl methyl sites for hydroxylation is 5. The lowest BCUT2D eigenvalue weighted by Gasteiger charge is -2.38. The average molecular weight is 1460 g/mol. The Hall–Kier alpha value is -3.12. The molecule has 2 unspecified atom stereocenters. The molecule has 2 fully saturated rings. The maximum Gasteiger partial charge on any atom is 0.0311 e. The van der Waals surface area contributed by atoms with Crippen molar-refractivity contribution in [3.8, 4) is 0 Å². The summed E-state index contributed by atoms with van der Waals surface area (Å²) in [6, 6.07) is 24.7. The lowest BCUT2D eigenvalue weighted by atomic mass is 9.68. The Morgan fingerprint density at radius 2 is 0.676 bits per heavy atom. The molecule has 0 amide bonds. The van der Waals surface area contributed by atoms with Crippen molar-refractivity contribution in [2.45, 2.75) is 450 Å². The van der Waals surface area contributed by atoms with E-state index in [4.69, 9.17) is 13.7 Å². The minimum absolute atomic E-state index is 0.0469. The molecule has 105 heavy (non-hydrogen) atoms. The van der Waals surface area contributed by atoms with Gasteiger partial charge >= 0.3 is 0 Å². The number of rotatable bonds is 8. The van der Waals surface area contributed by atoms with Gasteiger partial charge in [0.05, 0.1) is 0 Å². The van der Waals surface area contributed by atoms with Crippen LogP contribution in [0.4, 0.5) is 0 Å². The Balaban J connectivity index is -0.00000124. The van der Waals surface area contributed by atoms with E-state index >= 15 is 0 Å². The molecule has 0 aromatic heterocycles. The quantitative estimate of drug-likeness (QED) is 0.165. The number of benzene rings is 4. The van der Waals surface area contributed by atoms with Crippen molar-refractivity contribution in [3.63, 3.8) is 0 Å². The molecule has 2 atom stereocenters. The predicted molar refractivity (Wildman–Crippen MR) is 487 cm³/mol. The molecule has 0 N–H and O–H groups in total. The monoisotopic (exact) mass is 1460 g/mol. The highest BCUT2D eigenvalue weighted by molar-refractivity contribution is 5.45. The first kappa shape index (κ1) is 87.5. The largest absolute Gasteiger partial charge is 0.0651 e. The van der Waals surface area contributed by atoms with E-state index < -0.39 is 24.5 Å². The van der Waals surface area contributed by atoms with E-state index in [0.717, 1.165) is 44.4 Å². The van der Waals surface area contributed by atoms with Crippen molar-refractivity contribution in [1.82, 2.24) is 0 Å². The molecule has 0 nitrogen and oxygen atoms in total. The Morgan fingerprint density at radius 1 is 0.381 bits per heavy atom. The van der Waals surface area contributed by atoms with Crippen molar-refractivity contribution in [2.75, 3.05) is 0 Å². The van der Waals surface area contributed by atoms with Crippen LogP contribution >= 0.6 is 0 Å². The van der Waals surface area contributed by atoms with Crippen LogP contribution in [0.15, 0.2) is 66.7 Å². The number of hydrogen-bond acceptors (Lipinski definition) is 0. The second kappa shape index (κ2) is 45.4. The summed E-state index contributed by atoms with van der Waals surface area (Å²) < 4.78 is 77.5. The second-order valence-electron chi connectivity index (χ2n) is 43.9. The van der Waals surface area contributed by atoms with Crippen LogP contribution < -0.4 is 0 Å². The molecule has 4 aromatic carbocycles. The van der Waals surface area contributed by atoms with E-state index in [1.165, 1.54) is 95.0 Å². The van der Waals surface area contributed by atoms with E-state index in [0.29, 0.717) is 17.8 Å². The van der Waals surface area contributed by atoms with Crippen molar-refractivity contribution in [3.05, 3.63) is 139 Å². The maximum atomic E-state index is 8.27. The Morgan fingerprint density at radius 3 is 0.867 bits per heavy atom. The molecule has 4 aromatic rings. The molecule has 2 aliphatic carbocycles. The second-order valence-corrected chi connectivity index (χ2v) is 43.9. The van der Waals surface area contributed by atoms with Gasteiger partial charge in [-0.2, -0.15) is 0 Å². The van der Waals surface area contributed by atoms with Crippen molar-refractivity contribution in [2.24, 2.45) is 79.7 Å². The van der Waals surface area contributed by atoms with Gasteiger partial charge in [0.2, 0.25) is 0 Å². The van der Waals surface area contributed by atoms with Crippen LogP contribution in [-0.2, 0) is 34.5 Å². The molecule has 0 radical (unpaired) electrons. The number of hydrogen-bond donors (Lipinski definition) is 0. The Labute approximate surface area is 678 Å². The van der Waals surface area contributed by atoms with Crippen molar-refractivity contribution < 1.29 is 13.7 Å². The summed E-state index contributed by atoms with van der Waals surface area (Å²) in [6.45, 7) is 101. The van der Waals surface area contributed by atoms with Gasteiger partial charge in [-0.25, -0.2) is 0 Å². The van der Waals surface area contributed by atoms with Gasteiger partial charge in [-0.3, -0.25) is 0 Å². The van der Waals surface area contributed by atoms with E-state index in [2.05, 4.69) is 358 Å². The topological polar surface area (TPSA) is 0 Å².